The Morgan fingerprint density at radius 3 is 2.94 bits per heavy atom. The number of nitriles is 1. The van der Waals surface area contributed by atoms with Crippen LogP contribution in [0.25, 0.3) is 0 Å². The lowest BCUT2D eigenvalue weighted by Crippen LogP contribution is -1.94. The number of benzene rings is 1. The fraction of sp³-hybridized carbons (Fsp3) is 0.154. The van der Waals surface area contributed by atoms with Crippen molar-refractivity contribution in [3.05, 3.63) is 40.6 Å². The van der Waals surface area contributed by atoms with Gasteiger partial charge in [-0.25, -0.2) is 0 Å². The van der Waals surface area contributed by atoms with E-state index in [2.05, 4.69) is 18.3 Å². The number of hydrogen-bond acceptors (Lipinski definition) is 4. The van der Waals surface area contributed by atoms with Gasteiger partial charge in [-0.15, -0.1) is 11.8 Å². The topological polar surface area (TPSA) is 35.8 Å². The smallest absolute Gasteiger partial charge is 0.103 e. The van der Waals surface area contributed by atoms with Crippen LogP contribution in [0.4, 0.5) is 11.4 Å². The number of anilines is 2. The van der Waals surface area contributed by atoms with Crippen LogP contribution in [-0.2, 0) is 0 Å². The molecule has 86 valence electrons. The van der Waals surface area contributed by atoms with E-state index >= 15 is 0 Å². The van der Waals surface area contributed by atoms with Crippen LogP contribution in [0.1, 0.15) is 12.5 Å². The maximum atomic E-state index is 9.25. The second-order valence-corrected chi connectivity index (χ2v) is 5.45. The molecule has 4 heteroatoms. The maximum absolute atomic E-state index is 9.25. The van der Waals surface area contributed by atoms with Gasteiger partial charge in [0.05, 0.1) is 11.3 Å². The van der Waals surface area contributed by atoms with E-state index in [1.54, 1.807) is 23.1 Å². The fourth-order valence-corrected chi connectivity index (χ4v) is 2.89. The van der Waals surface area contributed by atoms with Crippen LogP contribution in [0.3, 0.4) is 0 Å². The van der Waals surface area contributed by atoms with Crippen LogP contribution in [-0.4, -0.2) is 5.75 Å². The Morgan fingerprint density at radius 1 is 1.41 bits per heavy atom. The molecule has 0 atom stereocenters. The molecule has 0 amide bonds. The molecule has 0 spiro atoms. The van der Waals surface area contributed by atoms with E-state index in [0.717, 1.165) is 27.6 Å². The molecular formula is C13H12N2S2. The van der Waals surface area contributed by atoms with Crippen molar-refractivity contribution in [1.29, 1.82) is 5.26 Å². The van der Waals surface area contributed by atoms with Gasteiger partial charge >= 0.3 is 0 Å². The number of thioether (sulfide) groups is 1. The first kappa shape index (κ1) is 12.0. The van der Waals surface area contributed by atoms with Gasteiger partial charge in [-0.05, 0) is 29.3 Å². The Labute approximate surface area is 109 Å². The van der Waals surface area contributed by atoms with Crippen LogP contribution >= 0.6 is 23.1 Å². The van der Waals surface area contributed by atoms with Gasteiger partial charge < -0.3 is 5.32 Å². The summed E-state index contributed by atoms with van der Waals surface area (Å²) in [5, 5.41) is 16.6. The Balaban J connectivity index is 2.34. The van der Waals surface area contributed by atoms with Crippen molar-refractivity contribution in [3.8, 4) is 6.07 Å². The Kier molecular flexibility index (Phi) is 4.08. The summed E-state index contributed by atoms with van der Waals surface area (Å²) in [6, 6.07) is 10.2. The summed E-state index contributed by atoms with van der Waals surface area (Å²) in [6.07, 6.45) is 0. The first-order chi connectivity index (χ1) is 8.35. The van der Waals surface area contributed by atoms with Crippen molar-refractivity contribution in [2.75, 3.05) is 11.1 Å². The van der Waals surface area contributed by atoms with Crippen molar-refractivity contribution in [3.63, 3.8) is 0 Å². The van der Waals surface area contributed by atoms with Gasteiger partial charge in [0.2, 0.25) is 0 Å². The SMILES string of the molecule is CCSc1cccc(Nc2ccsc2)c1C#N. The lowest BCUT2D eigenvalue weighted by atomic mass is 10.2. The first-order valence-electron chi connectivity index (χ1n) is 5.30. The highest BCUT2D eigenvalue weighted by Gasteiger charge is 2.08. The van der Waals surface area contributed by atoms with Crippen molar-refractivity contribution in [2.45, 2.75) is 11.8 Å². The number of rotatable bonds is 4. The molecule has 0 aliphatic heterocycles. The van der Waals surface area contributed by atoms with E-state index in [-0.39, 0.29) is 0 Å². The average Bonchev–Trinajstić information content (AvgIpc) is 2.83. The van der Waals surface area contributed by atoms with Crippen molar-refractivity contribution in [1.82, 2.24) is 0 Å². The van der Waals surface area contributed by atoms with Crippen LogP contribution in [0.15, 0.2) is 39.9 Å². The number of thiophene rings is 1. The quantitative estimate of drug-likeness (QED) is 0.823. The summed E-state index contributed by atoms with van der Waals surface area (Å²) in [6.45, 7) is 2.09. The normalized spacial score (nSPS) is 9.88. The summed E-state index contributed by atoms with van der Waals surface area (Å²) < 4.78 is 0. The van der Waals surface area contributed by atoms with Gasteiger partial charge in [0.15, 0.2) is 0 Å². The molecule has 1 aromatic heterocycles. The fourth-order valence-electron chi connectivity index (χ4n) is 1.52. The molecule has 0 bridgehead atoms. The Hall–Kier alpha value is -1.44. The molecule has 17 heavy (non-hydrogen) atoms. The van der Waals surface area contributed by atoms with Gasteiger partial charge in [-0.3, -0.25) is 0 Å². The zero-order valence-electron chi connectivity index (χ0n) is 9.43. The second kappa shape index (κ2) is 5.76. The third kappa shape index (κ3) is 2.82. The molecule has 1 N–H and O–H groups in total. The first-order valence-corrected chi connectivity index (χ1v) is 7.23. The summed E-state index contributed by atoms with van der Waals surface area (Å²) in [4.78, 5) is 1.04. The lowest BCUT2D eigenvalue weighted by Gasteiger charge is -2.09. The van der Waals surface area contributed by atoms with Crippen LogP contribution in [0, 0.1) is 11.3 Å². The molecule has 1 aromatic carbocycles. The maximum Gasteiger partial charge on any atom is 0.103 e. The van der Waals surface area contributed by atoms with Gasteiger partial charge in [-0.1, -0.05) is 13.0 Å². The molecular weight excluding hydrogens is 248 g/mol. The molecule has 2 aromatic rings. The summed E-state index contributed by atoms with van der Waals surface area (Å²) in [5.41, 5.74) is 2.64. The van der Waals surface area contributed by atoms with Gasteiger partial charge in [0, 0.05) is 16.0 Å². The highest BCUT2D eigenvalue weighted by Crippen LogP contribution is 2.30. The molecule has 0 aliphatic rings. The van der Waals surface area contributed by atoms with E-state index in [0.29, 0.717) is 0 Å². The Bertz CT molecular complexity index is 527. The van der Waals surface area contributed by atoms with Crippen LogP contribution in [0.2, 0.25) is 0 Å². The molecule has 2 rings (SSSR count). The monoisotopic (exact) mass is 260 g/mol. The van der Waals surface area contributed by atoms with Gasteiger partial charge in [0.1, 0.15) is 6.07 Å². The predicted octanol–water partition coefficient (Wildman–Crippen LogP) is 4.48. The minimum absolute atomic E-state index is 0.727. The highest BCUT2D eigenvalue weighted by molar-refractivity contribution is 7.99. The number of hydrogen-bond donors (Lipinski definition) is 1. The Morgan fingerprint density at radius 2 is 2.29 bits per heavy atom. The van der Waals surface area contributed by atoms with Crippen molar-refractivity contribution < 1.29 is 0 Å². The predicted molar refractivity (Wildman–Crippen MR) is 75.2 cm³/mol. The number of nitrogens with one attached hydrogen (secondary N) is 1. The average molecular weight is 260 g/mol. The summed E-state index contributed by atoms with van der Waals surface area (Å²) in [7, 11) is 0. The van der Waals surface area contributed by atoms with Crippen molar-refractivity contribution in [2.24, 2.45) is 0 Å². The van der Waals surface area contributed by atoms with Gasteiger partial charge in [0.25, 0.3) is 0 Å². The minimum atomic E-state index is 0.727. The highest BCUT2D eigenvalue weighted by atomic mass is 32.2. The van der Waals surface area contributed by atoms with Crippen LogP contribution in [0.5, 0.6) is 0 Å². The lowest BCUT2D eigenvalue weighted by molar-refractivity contribution is 1.35. The van der Waals surface area contributed by atoms with E-state index in [4.69, 9.17) is 0 Å². The third-order valence-corrected chi connectivity index (χ3v) is 3.86. The van der Waals surface area contributed by atoms with E-state index in [1.165, 1.54) is 0 Å². The summed E-state index contributed by atoms with van der Waals surface area (Å²) in [5.74, 6) is 0.969. The van der Waals surface area contributed by atoms with Gasteiger partial charge in [-0.2, -0.15) is 16.6 Å². The van der Waals surface area contributed by atoms with E-state index < -0.39 is 0 Å². The minimum Gasteiger partial charge on any atom is -0.354 e. The molecule has 0 unspecified atom stereocenters. The zero-order chi connectivity index (χ0) is 12.1. The van der Waals surface area contributed by atoms with Crippen LogP contribution < -0.4 is 5.32 Å². The molecule has 0 aliphatic carbocycles. The van der Waals surface area contributed by atoms with Crippen molar-refractivity contribution >= 4 is 34.5 Å². The third-order valence-electron chi connectivity index (χ3n) is 2.24. The molecule has 0 radical (unpaired) electrons. The summed E-state index contributed by atoms with van der Waals surface area (Å²) >= 11 is 3.33. The molecule has 0 saturated carbocycles. The molecule has 0 saturated heterocycles. The van der Waals surface area contributed by atoms with E-state index in [9.17, 15) is 5.26 Å². The number of nitrogens with zero attached hydrogens (tertiary/aromatic N) is 1. The second-order valence-electron chi connectivity index (χ2n) is 3.36. The molecule has 2 nitrogen and oxygen atoms in total. The zero-order valence-corrected chi connectivity index (χ0v) is 11.1. The van der Waals surface area contributed by atoms with E-state index in [1.807, 2.05) is 35.0 Å². The standard InChI is InChI=1S/C13H12N2S2/c1-2-17-13-5-3-4-12(11(13)8-14)15-10-6-7-16-9-10/h3-7,9,15H,2H2,1H3. The largest absolute Gasteiger partial charge is 0.354 e. The molecule has 0 fully saturated rings. The molecule has 1 heterocycles.